The molecule has 3 heteroatoms. The highest BCUT2D eigenvalue weighted by Gasteiger charge is 2.65. The quantitative estimate of drug-likeness (QED) is 0.529. The summed E-state index contributed by atoms with van der Waals surface area (Å²) in [7, 11) is 0. The number of fused-ring (bicyclic) bond motifs is 5. The van der Waals surface area contributed by atoms with Gasteiger partial charge in [-0.05, 0) is 111 Å². The van der Waals surface area contributed by atoms with Gasteiger partial charge >= 0.3 is 0 Å². The van der Waals surface area contributed by atoms with E-state index in [4.69, 9.17) is 0 Å². The summed E-state index contributed by atoms with van der Waals surface area (Å²) >= 11 is 0. The van der Waals surface area contributed by atoms with Crippen LogP contribution in [0, 0.1) is 46.3 Å². The molecule has 3 nitrogen and oxygen atoms in total. The number of hydrogen-bond acceptors (Lipinski definition) is 3. The molecular formula is C27H46O3. The zero-order valence-corrected chi connectivity index (χ0v) is 19.8. The number of aliphatic hydroxyl groups excluding tert-OH is 3. The molecule has 3 N–H and O–H groups in total. The molecule has 0 unspecified atom stereocenters. The number of aliphatic hydroxyl groups is 3. The van der Waals surface area contributed by atoms with E-state index in [1.165, 1.54) is 24.8 Å². The smallest absolute Gasteiger partial charge is 0.0602 e. The van der Waals surface area contributed by atoms with Crippen LogP contribution in [0.1, 0.15) is 91.9 Å². The van der Waals surface area contributed by atoms with Gasteiger partial charge in [-0.1, -0.05) is 32.8 Å². The lowest BCUT2D eigenvalue weighted by Gasteiger charge is -2.63. The Labute approximate surface area is 184 Å². The Morgan fingerprint density at radius 2 is 1.77 bits per heavy atom. The molecule has 0 spiro atoms. The summed E-state index contributed by atoms with van der Waals surface area (Å²) in [5, 5.41) is 33.2. The van der Waals surface area contributed by atoms with Crippen molar-refractivity contribution in [3.05, 3.63) is 12.2 Å². The van der Waals surface area contributed by atoms with Gasteiger partial charge < -0.3 is 15.3 Å². The van der Waals surface area contributed by atoms with Gasteiger partial charge in [0.25, 0.3) is 0 Å². The zero-order valence-electron chi connectivity index (χ0n) is 19.8. The van der Waals surface area contributed by atoms with Crippen molar-refractivity contribution in [3.8, 4) is 0 Å². The first-order valence-electron chi connectivity index (χ1n) is 12.8. The Bertz CT molecular complexity index is 646. The van der Waals surface area contributed by atoms with Crippen LogP contribution in [-0.2, 0) is 0 Å². The minimum absolute atomic E-state index is 0.0673. The third kappa shape index (κ3) is 3.52. The van der Waals surface area contributed by atoms with E-state index in [0.29, 0.717) is 35.5 Å². The Morgan fingerprint density at radius 3 is 2.47 bits per heavy atom. The lowest BCUT2D eigenvalue weighted by Crippen LogP contribution is -2.62. The van der Waals surface area contributed by atoms with Crippen molar-refractivity contribution in [2.24, 2.45) is 46.3 Å². The minimum atomic E-state index is -0.271. The van der Waals surface area contributed by atoms with E-state index in [1.807, 2.05) is 0 Å². The third-order valence-corrected chi connectivity index (χ3v) is 10.8. The van der Waals surface area contributed by atoms with Crippen LogP contribution >= 0.6 is 0 Å². The summed E-state index contributed by atoms with van der Waals surface area (Å²) in [4.78, 5) is 0. The summed E-state index contributed by atoms with van der Waals surface area (Å²) < 4.78 is 0. The molecule has 4 rings (SSSR count). The molecule has 0 aromatic heterocycles. The van der Waals surface area contributed by atoms with Crippen molar-refractivity contribution in [1.82, 2.24) is 0 Å². The van der Waals surface area contributed by atoms with Crippen molar-refractivity contribution < 1.29 is 15.3 Å². The second kappa shape index (κ2) is 8.19. The molecule has 0 heterocycles. The molecular weight excluding hydrogens is 372 g/mol. The van der Waals surface area contributed by atoms with Crippen molar-refractivity contribution >= 4 is 0 Å². The first kappa shape index (κ1) is 22.8. The van der Waals surface area contributed by atoms with Crippen LogP contribution in [-0.4, -0.2) is 33.6 Å². The van der Waals surface area contributed by atoms with E-state index in [0.717, 1.165) is 44.9 Å². The second-order valence-electron chi connectivity index (χ2n) is 12.4. The van der Waals surface area contributed by atoms with Crippen molar-refractivity contribution in [2.45, 2.75) is 110 Å². The van der Waals surface area contributed by atoms with Gasteiger partial charge in [-0.2, -0.15) is 0 Å². The Balaban J connectivity index is 1.56. The molecule has 11 atom stereocenters. The molecule has 0 aromatic carbocycles. The topological polar surface area (TPSA) is 60.7 Å². The van der Waals surface area contributed by atoms with Crippen LogP contribution in [0.3, 0.4) is 0 Å². The summed E-state index contributed by atoms with van der Waals surface area (Å²) in [6.07, 6.45) is 9.56. The second-order valence-corrected chi connectivity index (χ2v) is 12.4. The standard InChI is InChI=1S/C27H46O3/c1-16(2)7-6-8-17(3)20-9-10-21-25-22(15-24(30)27(20,21)5)26(4)12-11-19(28)13-18(26)14-23(25)29/h17-25,28-30H,1,6-15H2,2-5H3/t17-,18-,19-,20-,21+,22+,23-,24+,25+,26+,27-/m1/s1. The summed E-state index contributed by atoms with van der Waals surface area (Å²) in [6, 6.07) is 0. The molecule has 4 fully saturated rings. The van der Waals surface area contributed by atoms with Gasteiger partial charge in [0, 0.05) is 0 Å². The fourth-order valence-corrected chi connectivity index (χ4v) is 9.06. The summed E-state index contributed by atoms with van der Waals surface area (Å²) in [5.74, 6) is 2.70. The van der Waals surface area contributed by atoms with E-state index in [9.17, 15) is 15.3 Å². The van der Waals surface area contributed by atoms with Gasteiger partial charge in [-0.3, -0.25) is 0 Å². The van der Waals surface area contributed by atoms with Crippen LogP contribution in [0.15, 0.2) is 12.2 Å². The molecule has 172 valence electrons. The van der Waals surface area contributed by atoms with Crippen LogP contribution in [0.5, 0.6) is 0 Å². The normalized spacial score (nSPS) is 51.6. The highest BCUT2D eigenvalue weighted by Crippen LogP contribution is 2.68. The Hall–Kier alpha value is -0.380. The first-order chi connectivity index (χ1) is 14.1. The highest BCUT2D eigenvalue weighted by atomic mass is 16.3. The fraction of sp³-hybridized carbons (Fsp3) is 0.926. The maximum Gasteiger partial charge on any atom is 0.0602 e. The lowest BCUT2D eigenvalue weighted by atomic mass is 9.43. The van der Waals surface area contributed by atoms with E-state index >= 15 is 0 Å². The fourth-order valence-electron chi connectivity index (χ4n) is 9.06. The van der Waals surface area contributed by atoms with Crippen LogP contribution < -0.4 is 0 Å². The van der Waals surface area contributed by atoms with Crippen molar-refractivity contribution in [2.75, 3.05) is 0 Å². The van der Waals surface area contributed by atoms with Gasteiger partial charge in [0.2, 0.25) is 0 Å². The largest absolute Gasteiger partial charge is 0.393 e. The zero-order chi connectivity index (χ0) is 21.8. The first-order valence-corrected chi connectivity index (χ1v) is 12.8. The van der Waals surface area contributed by atoms with E-state index in [1.54, 1.807) is 0 Å². The van der Waals surface area contributed by atoms with Crippen LogP contribution in [0.2, 0.25) is 0 Å². The summed E-state index contributed by atoms with van der Waals surface area (Å²) in [6.45, 7) is 13.3. The maximum atomic E-state index is 11.6. The maximum absolute atomic E-state index is 11.6. The number of allylic oxidation sites excluding steroid dienone is 1. The minimum Gasteiger partial charge on any atom is -0.393 e. The van der Waals surface area contributed by atoms with E-state index in [2.05, 4.69) is 34.3 Å². The molecule has 0 bridgehead atoms. The highest BCUT2D eigenvalue weighted by molar-refractivity contribution is 5.14. The number of rotatable bonds is 5. The molecule has 0 amide bonds. The Kier molecular flexibility index (Phi) is 6.23. The molecule has 30 heavy (non-hydrogen) atoms. The van der Waals surface area contributed by atoms with Gasteiger partial charge in [-0.25, -0.2) is 0 Å². The van der Waals surface area contributed by atoms with E-state index < -0.39 is 0 Å². The third-order valence-electron chi connectivity index (χ3n) is 10.8. The summed E-state index contributed by atoms with van der Waals surface area (Å²) in [5.41, 5.74) is 1.36. The Morgan fingerprint density at radius 1 is 1.03 bits per heavy atom. The van der Waals surface area contributed by atoms with Crippen molar-refractivity contribution in [1.29, 1.82) is 0 Å². The van der Waals surface area contributed by atoms with Gasteiger partial charge in [0.1, 0.15) is 0 Å². The van der Waals surface area contributed by atoms with Gasteiger partial charge in [0.15, 0.2) is 0 Å². The molecule has 0 aromatic rings. The predicted molar refractivity (Wildman–Crippen MR) is 122 cm³/mol. The molecule has 4 aliphatic rings. The van der Waals surface area contributed by atoms with Gasteiger partial charge in [0.05, 0.1) is 18.3 Å². The molecule has 0 saturated heterocycles. The van der Waals surface area contributed by atoms with Gasteiger partial charge in [-0.15, -0.1) is 6.58 Å². The predicted octanol–water partition coefficient (Wildman–Crippen LogP) is 5.33. The van der Waals surface area contributed by atoms with Crippen LogP contribution in [0.25, 0.3) is 0 Å². The molecule has 0 radical (unpaired) electrons. The number of hydrogen-bond donors (Lipinski definition) is 3. The average Bonchev–Trinajstić information content (AvgIpc) is 3.02. The molecule has 4 saturated carbocycles. The van der Waals surface area contributed by atoms with Crippen molar-refractivity contribution in [3.63, 3.8) is 0 Å². The average molecular weight is 419 g/mol. The SMILES string of the molecule is C=C(C)CCC[C@@H](C)[C@H]1CC[C@H]2[C@@H]3[C@H](O)C[C@H]4C[C@H](O)CC[C@]4(C)[C@H]3C[C@H](O)[C@]12C. The van der Waals surface area contributed by atoms with Crippen LogP contribution in [0.4, 0.5) is 0 Å². The van der Waals surface area contributed by atoms with E-state index in [-0.39, 0.29) is 29.1 Å². The molecule has 4 aliphatic carbocycles. The monoisotopic (exact) mass is 418 g/mol. The lowest BCUT2D eigenvalue weighted by molar-refractivity contribution is -0.207. The molecule has 0 aliphatic heterocycles.